The quantitative estimate of drug-likeness (QED) is 0.776. The molecule has 1 heterocycles. The number of nitrogens with zero attached hydrogens (tertiary/aromatic N) is 1. The van der Waals surface area contributed by atoms with E-state index in [9.17, 15) is 19.5 Å². The average molecular weight is 307 g/mol. The summed E-state index contributed by atoms with van der Waals surface area (Å²) < 4.78 is 0. The van der Waals surface area contributed by atoms with Gasteiger partial charge in [0.15, 0.2) is 0 Å². The lowest BCUT2D eigenvalue weighted by atomic mass is 9.91. The molecule has 1 saturated carbocycles. The van der Waals surface area contributed by atoms with Crippen LogP contribution in [-0.4, -0.2) is 32.5 Å². The largest absolute Gasteiger partial charge is 0.480 e. The molecular formula is C15H21N3O4. The lowest BCUT2D eigenvalue weighted by molar-refractivity contribution is -0.144. The van der Waals surface area contributed by atoms with E-state index in [1.807, 2.05) is 20.8 Å². The first kappa shape index (κ1) is 16.2. The fraction of sp³-hybridized carbons (Fsp3) is 0.600. The highest BCUT2D eigenvalue weighted by molar-refractivity contribution is 5.96. The molecule has 0 aromatic carbocycles. The molecule has 0 unspecified atom stereocenters. The number of carboxylic acid groups (broad SMARTS) is 1. The van der Waals surface area contributed by atoms with Crippen molar-refractivity contribution in [3.63, 3.8) is 0 Å². The molecule has 1 fully saturated rings. The van der Waals surface area contributed by atoms with Gasteiger partial charge in [-0.05, 0) is 18.9 Å². The fourth-order valence-electron chi connectivity index (χ4n) is 2.63. The minimum atomic E-state index is -1.25. The summed E-state index contributed by atoms with van der Waals surface area (Å²) in [6.45, 7) is 5.70. The number of aliphatic carboxylic acids is 1. The zero-order chi connectivity index (χ0) is 16.5. The number of hydrogen-bond acceptors (Lipinski definition) is 4. The normalized spacial score (nSPS) is 17.2. The van der Waals surface area contributed by atoms with Crippen molar-refractivity contribution in [2.45, 2.75) is 57.4 Å². The van der Waals surface area contributed by atoms with Crippen LogP contribution >= 0.6 is 0 Å². The van der Waals surface area contributed by atoms with Crippen LogP contribution in [0, 0.1) is 0 Å². The molecule has 3 N–H and O–H groups in total. The summed E-state index contributed by atoms with van der Waals surface area (Å²) in [6, 6.07) is 1.50. The van der Waals surface area contributed by atoms with Gasteiger partial charge in [-0.25, -0.2) is 9.59 Å². The molecule has 0 atom stereocenters. The number of aromatic amines is 1. The van der Waals surface area contributed by atoms with Crippen molar-refractivity contribution in [1.29, 1.82) is 0 Å². The molecule has 120 valence electrons. The second-order valence-electron chi connectivity index (χ2n) is 6.78. The molecule has 1 aliphatic carbocycles. The Morgan fingerprint density at radius 1 is 1.32 bits per heavy atom. The average Bonchev–Trinajstić information content (AvgIpc) is 2.86. The minimum Gasteiger partial charge on any atom is -0.480 e. The van der Waals surface area contributed by atoms with Crippen LogP contribution in [0.1, 0.15) is 62.6 Å². The number of nitrogens with one attached hydrogen (secondary N) is 2. The van der Waals surface area contributed by atoms with Crippen molar-refractivity contribution >= 4 is 11.9 Å². The van der Waals surface area contributed by atoms with Crippen molar-refractivity contribution in [3.8, 4) is 0 Å². The highest BCUT2D eigenvalue weighted by Crippen LogP contribution is 2.30. The number of carboxylic acids is 1. The summed E-state index contributed by atoms with van der Waals surface area (Å²) in [7, 11) is 0. The van der Waals surface area contributed by atoms with E-state index in [4.69, 9.17) is 0 Å². The van der Waals surface area contributed by atoms with Crippen molar-refractivity contribution in [3.05, 3.63) is 27.9 Å². The molecule has 1 aromatic rings. The molecule has 0 radical (unpaired) electrons. The summed E-state index contributed by atoms with van der Waals surface area (Å²) in [5.74, 6) is -1.67. The number of carbonyl (C=O) groups excluding carboxylic acids is 1. The topological polar surface area (TPSA) is 112 Å². The Morgan fingerprint density at radius 3 is 2.41 bits per heavy atom. The van der Waals surface area contributed by atoms with Crippen LogP contribution in [0.25, 0.3) is 0 Å². The monoisotopic (exact) mass is 307 g/mol. The van der Waals surface area contributed by atoms with Gasteiger partial charge >= 0.3 is 11.7 Å². The van der Waals surface area contributed by atoms with E-state index in [0.717, 1.165) is 12.8 Å². The van der Waals surface area contributed by atoms with Crippen LogP contribution in [0.3, 0.4) is 0 Å². The predicted molar refractivity (Wildman–Crippen MR) is 79.9 cm³/mol. The summed E-state index contributed by atoms with van der Waals surface area (Å²) in [5, 5.41) is 12.0. The number of amides is 1. The number of carbonyl (C=O) groups is 2. The van der Waals surface area contributed by atoms with Gasteiger partial charge in [-0.2, -0.15) is 4.98 Å². The van der Waals surface area contributed by atoms with E-state index in [1.165, 1.54) is 6.07 Å². The van der Waals surface area contributed by atoms with Crippen molar-refractivity contribution in [2.75, 3.05) is 0 Å². The Balaban J connectivity index is 2.32. The first-order valence-electron chi connectivity index (χ1n) is 7.32. The van der Waals surface area contributed by atoms with Gasteiger partial charge in [-0.3, -0.25) is 4.79 Å². The van der Waals surface area contributed by atoms with Gasteiger partial charge in [0.05, 0.1) is 0 Å². The van der Waals surface area contributed by atoms with Gasteiger partial charge in [0.1, 0.15) is 11.2 Å². The van der Waals surface area contributed by atoms with Crippen molar-refractivity contribution in [2.24, 2.45) is 0 Å². The highest BCUT2D eigenvalue weighted by atomic mass is 16.4. The number of hydrogen-bond donors (Lipinski definition) is 3. The molecule has 0 bridgehead atoms. The zero-order valence-electron chi connectivity index (χ0n) is 13.0. The first-order valence-corrected chi connectivity index (χ1v) is 7.32. The summed E-state index contributed by atoms with van der Waals surface area (Å²) >= 11 is 0. The molecule has 0 saturated heterocycles. The Kier molecular flexibility index (Phi) is 4.08. The van der Waals surface area contributed by atoms with Gasteiger partial charge in [-0.1, -0.05) is 33.6 Å². The van der Waals surface area contributed by atoms with Crippen molar-refractivity contribution < 1.29 is 14.7 Å². The van der Waals surface area contributed by atoms with E-state index >= 15 is 0 Å². The summed E-state index contributed by atoms with van der Waals surface area (Å²) in [4.78, 5) is 41.8. The Bertz CT molecular complexity index is 651. The van der Waals surface area contributed by atoms with Crippen LogP contribution < -0.4 is 11.0 Å². The van der Waals surface area contributed by atoms with Crippen LogP contribution in [-0.2, 0) is 10.2 Å². The van der Waals surface area contributed by atoms with Gasteiger partial charge < -0.3 is 15.4 Å². The second kappa shape index (κ2) is 5.55. The van der Waals surface area contributed by atoms with Gasteiger partial charge in [0, 0.05) is 11.1 Å². The predicted octanol–water partition coefficient (Wildman–Crippen LogP) is 1.19. The zero-order valence-corrected chi connectivity index (χ0v) is 13.0. The molecule has 1 aliphatic rings. The fourth-order valence-corrected chi connectivity index (χ4v) is 2.63. The van der Waals surface area contributed by atoms with Gasteiger partial charge in [0.25, 0.3) is 5.91 Å². The van der Waals surface area contributed by atoms with Crippen LogP contribution in [0.2, 0.25) is 0 Å². The molecule has 2 rings (SSSR count). The molecule has 7 nitrogen and oxygen atoms in total. The van der Waals surface area contributed by atoms with Crippen molar-refractivity contribution in [1.82, 2.24) is 15.3 Å². The molecular weight excluding hydrogens is 286 g/mol. The standard InChI is InChI=1S/C15H21N3O4/c1-14(2,3)10-8-9(16-13(22)17-10)11(19)18-15(12(20)21)6-4-5-7-15/h8H,4-7H2,1-3H3,(H,18,19)(H,20,21)(H,16,17,22). The van der Waals surface area contributed by atoms with E-state index in [1.54, 1.807) is 0 Å². The smallest absolute Gasteiger partial charge is 0.345 e. The van der Waals surface area contributed by atoms with E-state index in [2.05, 4.69) is 15.3 Å². The number of H-pyrrole nitrogens is 1. The number of rotatable bonds is 3. The van der Waals surface area contributed by atoms with Crippen LogP contribution in [0.15, 0.2) is 10.9 Å². The molecule has 0 aliphatic heterocycles. The van der Waals surface area contributed by atoms with Crippen LogP contribution in [0.5, 0.6) is 0 Å². The molecule has 1 aromatic heterocycles. The lowest BCUT2D eigenvalue weighted by Crippen LogP contribution is -2.52. The van der Waals surface area contributed by atoms with E-state index in [-0.39, 0.29) is 11.1 Å². The Morgan fingerprint density at radius 2 is 1.91 bits per heavy atom. The highest BCUT2D eigenvalue weighted by Gasteiger charge is 2.43. The molecule has 0 spiro atoms. The third-order valence-electron chi connectivity index (χ3n) is 4.00. The second-order valence-corrected chi connectivity index (χ2v) is 6.78. The number of aromatic nitrogens is 2. The Hall–Kier alpha value is -2.18. The van der Waals surface area contributed by atoms with Crippen LogP contribution in [0.4, 0.5) is 0 Å². The minimum absolute atomic E-state index is 0.0544. The van der Waals surface area contributed by atoms with Gasteiger partial charge in [0.2, 0.25) is 0 Å². The SMILES string of the molecule is CC(C)(C)c1cc(C(=O)NC2(C(=O)O)CCCC2)nc(=O)[nH]1. The van der Waals surface area contributed by atoms with Gasteiger partial charge in [-0.15, -0.1) is 0 Å². The Labute approximate surface area is 128 Å². The first-order chi connectivity index (χ1) is 10.1. The third kappa shape index (κ3) is 3.18. The maximum Gasteiger partial charge on any atom is 0.345 e. The molecule has 22 heavy (non-hydrogen) atoms. The molecule has 7 heteroatoms. The van der Waals surface area contributed by atoms with E-state index in [0.29, 0.717) is 18.5 Å². The summed E-state index contributed by atoms with van der Waals surface area (Å²) in [5.41, 5.74) is -1.69. The maximum absolute atomic E-state index is 12.4. The summed E-state index contributed by atoms with van der Waals surface area (Å²) in [6.07, 6.45) is 2.29. The lowest BCUT2D eigenvalue weighted by Gasteiger charge is -2.25. The maximum atomic E-state index is 12.4. The third-order valence-corrected chi connectivity index (χ3v) is 4.00. The van der Waals surface area contributed by atoms with E-state index < -0.39 is 23.1 Å². The molecule has 1 amide bonds.